The van der Waals surface area contributed by atoms with Gasteiger partial charge in [0.2, 0.25) is 5.91 Å². The highest BCUT2D eigenvalue weighted by atomic mass is 16.2. The second-order valence-electron chi connectivity index (χ2n) is 5.25. The predicted molar refractivity (Wildman–Crippen MR) is 78.4 cm³/mol. The number of benzene rings is 1. The van der Waals surface area contributed by atoms with E-state index in [1.54, 1.807) is 0 Å². The first kappa shape index (κ1) is 14.0. The first-order chi connectivity index (χ1) is 9.08. The van der Waals surface area contributed by atoms with E-state index in [1.807, 2.05) is 16.8 Å². The lowest BCUT2D eigenvalue weighted by molar-refractivity contribution is -0.121. The molecule has 104 valence electrons. The van der Waals surface area contributed by atoms with Crippen molar-refractivity contribution in [1.29, 1.82) is 0 Å². The molecule has 0 aliphatic carbocycles. The molecular weight excluding hydrogens is 238 g/mol. The molecule has 1 aliphatic heterocycles. The van der Waals surface area contributed by atoms with Gasteiger partial charge in [0.05, 0.1) is 6.54 Å². The molecule has 4 nitrogen and oxygen atoms in total. The smallest absolute Gasteiger partial charge is 0.241 e. The average molecular weight is 261 g/mol. The van der Waals surface area contributed by atoms with Gasteiger partial charge in [-0.1, -0.05) is 25.1 Å². The summed E-state index contributed by atoms with van der Waals surface area (Å²) >= 11 is 0. The summed E-state index contributed by atoms with van der Waals surface area (Å²) in [4.78, 5) is 16.3. The molecule has 1 fully saturated rings. The molecule has 0 aromatic heterocycles. The van der Waals surface area contributed by atoms with Gasteiger partial charge in [-0.3, -0.25) is 9.69 Å². The van der Waals surface area contributed by atoms with E-state index in [-0.39, 0.29) is 11.9 Å². The Kier molecular flexibility index (Phi) is 4.22. The van der Waals surface area contributed by atoms with Crippen molar-refractivity contribution in [3.05, 3.63) is 29.3 Å². The molecule has 2 rings (SSSR count). The lowest BCUT2D eigenvalue weighted by atomic mass is 10.0. The number of anilines is 1. The van der Waals surface area contributed by atoms with Crippen molar-refractivity contribution in [3.63, 3.8) is 0 Å². The third-order valence-corrected chi connectivity index (χ3v) is 3.95. The van der Waals surface area contributed by atoms with Crippen molar-refractivity contribution in [3.8, 4) is 0 Å². The number of aryl methyl sites for hydroxylation is 2. The monoisotopic (exact) mass is 261 g/mol. The number of para-hydroxylation sites is 1. The van der Waals surface area contributed by atoms with Crippen LogP contribution >= 0.6 is 0 Å². The Balaban J connectivity index is 2.38. The largest absolute Gasteiger partial charge is 0.329 e. The zero-order valence-electron chi connectivity index (χ0n) is 12.0. The van der Waals surface area contributed by atoms with Gasteiger partial charge in [-0.2, -0.15) is 0 Å². The molecule has 4 heteroatoms. The fraction of sp³-hybridized carbons (Fsp3) is 0.533. The van der Waals surface area contributed by atoms with Gasteiger partial charge in [0, 0.05) is 24.8 Å². The number of nitrogens with two attached hydrogens (primary N) is 1. The van der Waals surface area contributed by atoms with Crippen molar-refractivity contribution in [1.82, 2.24) is 4.90 Å². The molecule has 0 spiro atoms. The number of hydrogen-bond donors (Lipinski definition) is 1. The Morgan fingerprint density at radius 1 is 1.42 bits per heavy atom. The first-order valence-corrected chi connectivity index (χ1v) is 6.87. The van der Waals surface area contributed by atoms with E-state index in [1.165, 1.54) is 5.56 Å². The van der Waals surface area contributed by atoms with Gasteiger partial charge in [0.1, 0.15) is 0 Å². The molecule has 1 aromatic carbocycles. The third-order valence-electron chi connectivity index (χ3n) is 3.95. The van der Waals surface area contributed by atoms with Gasteiger partial charge in [-0.05, 0) is 31.5 Å². The highest BCUT2D eigenvalue weighted by Crippen LogP contribution is 2.28. The van der Waals surface area contributed by atoms with E-state index < -0.39 is 0 Å². The van der Waals surface area contributed by atoms with Gasteiger partial charge in [-0.25, -0.2) is 0 Å². The van der Waals surface area contributed by atoms with Crippen LogP contribution in [0.1, 0.15) is 18.1 Å². The second kappa shape index (κ2) is 5.72. The highest BCUT2D eigenvalue weighted by Gasteiger charge is 2.31. The summed E-state index contributed by atoms with van der Waals surface area (Å²) in [5, 5.41) is 0. The molecule has 1 aliphatic rings. The van der Waals surface area contributed by atoms with E-state index in [2.05, 4.69) is 32.0 Å². The van der Waals surface area contributed by atoms with E-state index in [0.29, 0.717) is 19.6 Å². The minimum atomic E-state index is 0.163. The van der Waals surface area contributed by atoms with Crippen molar-refractivity contribution in [2.75, 3.05) is 31.6 Å². The lowest BCUT2D eigenvalue weighted by Crippen LogP contribution is -2.57. The summed E-state index contributed by atoms with van der Waals surface area (Å²) in [7, 11) is 1.96. The van der Waals surface area contributed by atoms with Crippen molar-refractivity contribution in [2.24, 2.45) is 5.73 Å². The number of rotatable bonds is 3. The predicted octanol–water partition coefficient (Wildman–Crippen LogP) is 1.16. The zero-order valence-corrected chi connectivity index (χ0v) is 12.0. The van der Waals surface area contributed by atoms with E-state index in [4.69, 9.17) is 5.73 Å². The van der Waals surface area contributed by atoms with Gasteiger partial charge < -0.3 is 10.6 Å². The van der Waals surface area contributed by atoms with Crippen LogP contribution in [0.5, 0.6) is 0 Å². The fourth-order valence-corrected chi connectivity index (χ4v) is 2.74. The number of nitrogens with zero attached hydrogens (tertiary/aromatic N) is 2. The summed E-state index contributed by atoms with van der Waals surface area (Å²) < 4.78 is 0. The first-order valence-electron chi connectivity index (χ1n) is 6.87. The second-order valence-corrected chi connectivity index (χ2v) is 5.25. The zero-order chi connectivity index (χ0) is 14.0. The molecule has 1 aromatic rings. The van der Waals surface area contributed by atoms with Crippen LogP contribution in [0.15, 0.2) is 18.2 Å². The quantitative estimate of drug-likeness (QED) is 0.888. The van der Waals surface area contributed by atoms with Crippen LogP contribution in [0.4, 0.5) is 5.69 Å². The number of carbonyl (C=O) groups is 1. The third kappa shape index (κ3) is 2.65. The van der Waals surface area contributed by atoms with Gasteiger partial charge in [0.15, 0.2) is 0 Å². The van der Waals surface area contributed by atoms with Crippen LogP contribution in [0.3, 0.4) is 0 Å². The molecule has 1 amide bonds. The molecule has 1 saturated heterocycles. The SMILES string of the molecule is CCc1cccc(C)c1N1CC(CN)N(C)CC1=O. The Hall–Kier alpha value is -1.39. The fourth-order valence-electron chi connectivity index (χ4n) is 2.74. The Labute approximate surface area is 115 Å². The van der Waals surface area contributed by atoms with Crippen molar-refractivity contribution in [2.45, 2.75) is 26.3 Å². The minimum absolute atomic E-state index is 0.163. The summed E-state index contributed by atoms with van der Waals surface area (Å²) in [5.74, 6) is 0.163. The van der Waals surface area contributed by atoms with Crippen molar-refractivity contribution >= 4 is 11.6 Å². The van der Waals surface area contributed by atoms with Crippen LogP contribution in [0.2, 0.25) is 0 Å². The molecule has 2 N–H and O–H groups in total. The van der Waals surface area contributed by atoms with Crippen LogP contribution in [-0.4, -0.2) is 43.5 Å². The van der Waals surface area contributed by atoms with E-state index in [9.17, 15) is 4.79 Å². The minimum Gasteiger partial charge on any atom is -0.329 e. The molecule has 0 saturated carbocycles. The number of hydrogen-bond acceptors (Lipinski definition) is 3. The maximum atomic E-state index is 12.3. The van der Waals surface area contributed by atoms with Crippen LogP contribution in [0.25, 0.3) is 0 Å². The van der Waals surface area contributed by atoms with E-state index in [0.717, 1.165) is 17.7 Å². The maximum Gasteiger partial charge on any atom is 0.241 e. The van der Waals surface area contributed by atoms with Crippen LogP contribution in [0, 0.1) is 6.92 Å². The molecular formula is C15H23N3O. The summed E-state index contributed by atoms with van der Waals surface area (Å²) in [5.41, 5.74) is 9.28. The lowest BCUT2D eigenvalue weighted by Gasteiger charge is -2.39. The normalized spacial score (nSPS) is 20.9. The maximum absolute atomic E-state index is 12.3. The summed E-state index contributed by atoms with van der Waals surface area (Å²) in [6, 6.07) is 6.46. The number of amides is 1. The summed E-state index contributed by atoms with van der Waals surface area (Å²) in [6.45, 7) is 5.90. The number of piperazine rings is 1. The van der Waals surface area contributed by atoms with E-state index >= 15 is 0 Å². The Bertz CT molecular complexity index is 472. The van der Waals surface area contributed by atoms with Crippen LogP contribution in [-0.2, 0) is 11.2 Å². The molecule has 1 unspecified atom stereocenters. The Morgan fingerprint density at radius 2 is 2.16 bits per heavy atom. The summed E-state index contributed by atoms with van der Waals surface area (Å²) in [6.07, 6.45) is 0.934. The van der Waals surface area contributed by atoms with Gasteiger partial charge in [0.25, 0.3) is 0 Å². The topological polar surface area (TPSA) is 49.6 Å². The standard InChI is InChI=1S/C15H23N3O/c1-4-12-7-5-6-11(2)15(12)18-9-13(8-16)17(3)10-14(18)19/h5-7,13H,4,8-10,16H2,1-3H3. The molecule has 0 radical (unpaired) electrons. The van der Waals surface area contributed by atoms with Gasteiger partial charge >= 0.3 is 0 Å². The van der Waals surface area contributed by atoms with Gasteiger partial charge in [-0.15, -0.1) is 0 Å². The number of carbonyl (C=O) groups excluding carboxylic acids is 1. The molecule has 0 bridgehead atoms. The number of likely N-dealkylation sites (N-methyl/N-ethyl adjacent to an activating group) is 1. The molecule has 1 heterocycles. The van der Waals surface area contributed by atoms with Crippen molar-refractivity contribution < 1.29 is 4.79 Å². The molecule has 1 atom stereocenters. The van der Waals surface area contributed by atoms with Crippen LogP contribution < -0.4 is 10.6 Å². The highest BCUT2D eigenvalue weighted by molar-refractivity contribution is 5.97. The molecule has 19 heavy (non-hydrogen) atoms. The Morgan fingerprint density at radius 3 is 2.79 bits per heavy atom. The average Bonchev–Trinajstić information content (AvgIpc) is 2.39.